The predicted octanol–water partition coefficient (Wildman–Crippen LogP) is 2.86. The second-order valence-electron chi connectivity index (χ2n) is 6.68. The third-order valence-corrected chi connectivity index (χ3v) is 5.82. The molecule has 1 fully saturated rings. The van der Waals surface area contributed by atoms with E-state index in [0.29, 0.717) is 39.1 Å². The molecule has 0 atom stereocenters. The summed E-state index contributed by atoms with van der Waals surface area (Å²) in [4.78, 5) is 34.1. The fourth-order valence-electron chi connectivity index (χ4n) is 3.49. The Morgan fingerprint density at radius 2 is 1.81 bits per heavy atom. The first kappa shape index (κ1) is 17.7. The molecule has 6 nitrogen and oxygen atoms in total. The highest BCUT2D eigenvalue weighted by Gasteiger charge is 2.23. The lowest BCUT2D eigenvalue weighted by Crippen LogP contribution is -2.37. The summed E-state index contributed by atoms with van der Waals surface area (Å²) in [5.74, 6) is 0.211. The largest absolute Gasteiger partial charge is 0.341 e. The molecule has 7 heteroatoms. The molecule has 1 saturated heterocycles. The number of carbonyl (C=O) groups is 2. The number of thiophene rings is 1. The summed E-state index contributed by atoms with van der Waals surface area (Å²) >= 11 is 1.47. The average Bonchev–Trinajstić information content (AvgIpc) is 3.30. The molecule has 1 aliphatic rings. The first-order chi connectivity index (χ1) is 13.2. The van der Waals surface area contributed by atoms with Crippen LogP contribution in [0.5, 0.6) is 0 Å². The standard InChI is InChI=1S/C20H22N4O2S/c25-19(8-11-24-15-21-16-5-1-2-6-17(16)24)22-9-4-10-23(13-12-22)20(26)18-7-3-14-27-18/h1-3,5-7,14-15H,4,8-13H2. The number of nitrogens with zero attached hydrogens (tertiary/aromatic N) is 4. The van der Waals surface area contributed by atoms with E-state index in [2.05, 4.69) is 4.98 Å². The second kappa shape index (κ2) is 7.92. The fourth-order valence-corrected chi connectivity index (χ4v) is 4.18. The smallest absolute Gasteiger partial charge is 0.263 e. The van der Waals surface area contributed by atoms with Gasteiger partial charge in [0.2, 0.25) is 5.91 Å². The summed E-state index contributed by atoms with van der Waals surface area (Å²) in [5.41, 5.74) is 2.00. The van der Waals surface area contributed by atoms with Gasteiger partial charge in [-0.25, -0.2) is 4.98 Å². The molecule has 4 rings (SSSR count). The van der Waals surface area contributed by atoms with Gasteiger partial charge in [0.15, 0.2) is 0 Å². The number of fused-ring (bicyclic) bond motifs is 1. The molecule has 1 aliphatic heterocycles. The van der Waals surface area contributed by atoms with Crippen molar-refractivity contribution in [1.29, 1.82) is 0 Å². The van der Waals surface area contributed by atoms with Crippen LogP contribution < -0.4 is 0 Å². The van der Waals surface area contributed by atoms with Crippen molar-refractivity contribution in [3.05, 3.63) is 53.0 Å². The molecule has 2 aromatic heterocycles. The SMILES string of the molecule is O=C(CCn1cnc2ccccc21)N1CCCN(C(=O)c2cccs2)CC1. The molecule has 0 saturated carbocycles. The van der Waals surface area contributed by atoms with Gasteiger partial charge in [0.1, 0.15) is 0 Å². The lowest BCUT2D eigenvalue weighted by molar-refractivity contribution is -0.131. The van der Waals surface area contributed by atoms with Crippen LogP contribution in [0.3, 0.4) is 0 Å². The van der Waals surface area contributed by atoms with E-state index in [0.717, 1.165) is 22.3 Å². The van der Waals surface area contributed by atoms with Crippen molar-refractivity contribution in [3.8, 4) is 0 Å². The molecule has 0 N–H and O–H groups in total. The number of aryl methyl sites for hydroxylation is 1. The Kier molecular flexibility index (Phi) is 5.20. The van der Waals surface area contributed by atoms with Crippen LogP contribution in [0.4, 0.5) is 0 Å². The van der Waals surface area contributed by atoms with E-state index >= 15 is 0 Å². The molecule has 3 aromatic rings. The highest BCUT2D eigenvalue weighted by Crippen LogP contribution is 2.15. The topological polar surface area (TPSA) is 58.4 Å². The molecule has 140 valence electrons. The van der Waals surface area contributed by atoms with Gasteiger partial charge in [0.25, 0.3) is 5.91 Å². The van der Waals surface area contributed by atoms with E-state index in [1.807, 2.05) is 56.1 Å². The van der Waals surface area contributed by atoms with Crippen LogP contribution in [-0.2, 0) is 11.3 Å². The van der Waals surface area contributed by atoms with Crippen molar-refractivity contribution in [2.24, 2.45) is 0 Å². The minimum absolute atomic E-state index is 0.0733. The van der Waals surface area contributed by atoms with Crippen molar-refractivity contribution in [1.82, 2.24) is 19.4 Å². The van der Waals surface area contributed by atoms with E-state index in [1.54, 1.807) is 6.33 Å². The molecule has 1 aromatic carbocycles. The Morgan fingerprint density at radius 3 is 2.67 bits per heavy atom. The molecule has 0 radical (unpaired) electrons. The Bertz CT molecular complexity index is 935. The molecule has 2 amide bonds. The van der Waals surface area contributed by atoms with Gasteiger partial charge in [-0.2, -0.15) is 0 Å². The van der Waals surface area contributed by atoms with Crippen molar-refractivity contribution >= 4 is 34.2 Å². The molecular weight excluding hydrogens is 360 g/mol. The summed E-state index contributed by atoms with van der Waals surface area (Å²) in [6.07, 6.45) is 3.05. The van der Waals surface area contributed by atoms with E-state index in [9.17, 15) is 9.59 Å². The van der Waals surface area contributed by atoms with Crippen LogP contribution in [-0.4, -0.2) is 57.3 Å². The van der Waals surface area contributed by atoms with Crippen LogP contribution in [0, 0.1) is 0 Å². The van der Waals surface area contributed by atoms with Gasteiger partial charge in [-0.05, 0) is 30.0 Å². The van der Waals surface area contributed by atoms with Crippen molar-refractivity contribution in [2.45, 2.75) is 19.4 Å². The Balaban J connectivity index is 1.33. The Morgan fingerprint density at radius 1 is 1.00 bits per heavy atom. The Labute approximate surface area is 162 Å². The minimum atomic E-state index is 0.0733. The van der Waals surface area contributed by atoms with E-state index in [4.69, 9.17) is 0 Å². The number of hydrogen-bond acceptors (Lipinski definition) is 4. The van der Waals surface area contributed by atoms with Gasteiger partial charge in [-0.15, -0.1) is 11.3 Å². The molecule has 0 bridgehead atoms. The minimum Gasteiger partial charge on any atom is -0.341 e. The number of para-hydroxylation sites is 2. The maximum Gasteiger partial charge on any atom is 0.263 e. The zero-order valence-corrected chi connectivity index (χ0v) is 15.9. The van der Waals surface area contributed by atoms with Crippen LogP contribution in [0.1, 0.15) is 22.5 Å². The second-order valence-corrected chi connectivity index (χ2v) is 7.63. The van der Waals surface area contributed by atoms with Gasteiger partial charge in [0, 0.05) is 39.1 Å². The zero-order valence-electron chi connectivity index (χ0n) is 15.1. The Hall–Kier alpha value is -2.67. The fraction of sp³-hybridized carbons (Fsp3) is 0.350. The number of carbonyl (C=O) groups excluding carboxylic acids is 2. The number of hydrogen-bond donors (Lipinski definition) is 0. The molecule has 0 spiro atoms. The first-order valence-electron chi connectivity index (χ1n) is 9.23. The number of benzene rings is 1. The lowest BCUT2D eigenvalue weighted by atomic mass is 10.3. The normalized spacial score (nSPS) is 15.1. The molecule has 0 aliphatic carbocycles. The highest BCUT2D eigenvalue weighted by atomic mass is 32.1. The van der Waals surface area contributed by atoms with E-state index in [1.165, 1.54) is 11.3 Å². The summed E-state index contributed by atoms with van der Waals surface area (Å²) in [6, 6.07) is 11.7. The van der Waals surface area contributed by atoms with Crippen LogP contribution in [0.25, 0.3) is 11.0 Å². The van der Waals surface area contributed by atoms with Crippen LogP contribution >= 0.6 is 11.3 Å². The van der Waals surface area contributed by atoms with Gasteiger partial charge in [0.05, 0.1) is 22.2 Å². The van der Waals surface area contributed by atoms with E-state index in [-0.39, 0.29) is 11.8 Å². The number of rotatable bonds is 4. The van der Waals surface area contributed by atoms with Crippen molar-refractivity contribution < 1.29 is 9.59 Å². The summed E-state index contributed by atoms with van der Waals surface area (Å²) < 4.78 is 2.03. The van der Waals surface area contributed by atoms with Crippen LogP contribution in [0.15, 0.2) is 48.1 Å². The summed E-state index contributed by atoms with van der Waals surface area (Å²) in [5, 5.41) is 1.92. The lowest BCUT2D eigenvalue weighted by Gasteiger charge is -2.22. The van der Waals surface area contributed by atoms with Gasteiger partial charge in [-0.1, -0.05) is 18.2 Å². The van der Waals surface area contributed by atoms with Gasteiger partial charge < -0.3 is 14.4 Å². The summed E-state index contributed by atoms with van der Waals surface area (Å²) in [7, 11) is 0. The van der Waals surface area contributed by atoms with Crippen LogP contribution in [0.2, 0.25) is 0 Å². The van der Waals surface area contributed by atoms with E-state index < -0.39 is 0 Å². The maximum atomic E-state index is 12.7. The first-order valence-corrected chi connectivity index (χ1v) is 10.1. The molecule has 0 unspecified atom stereocenters. The predicted molar refractivity (Wildman–Crippen MR) is 106 cm³/mol. The third-order valence-electron chi connectivity index (χ3n) is 4.96. The number of aromatic nitrogens is 2. The van der Waals surface area contributed by atoms with Crippen molar-refractivity contribution in [2.75, 3.05) is 26.2 Å². The van der Waals surface area contributed by atoms with Gasteiger partial charge in [-0.3, -0.25) is 9.59 Å². The number of amides is 2. The average molecular weight is 382 g/mol. The van der Waals surface area contributed by atoms with Crippen molar-refractivity contribution in [3.63, 3.8) is 0 Å². The summed E-state index contributed by atoms with van der Waals surface area (Å²) in [6.45, 7) is 3.22. The number of imidazole rings is 1. The third kappa shape index (κ3) is 3.88. The highest BCUT2D eigenvalue weighted by molar-refractivity contribution is 7.12. The monoisotopic (exact) mass is 382 g/mol. The molecule has 3 heterocycles. The maximum absolute atomic E-state index is 12.7. The molecule has 27 heavy (non-hydrogen) atoms. The zero-order chi connectivity index (χ0) is 18.6. The molecular formula is C20H22N4O2S. The van der Waals surface area contributed by atoms with Gasteiger partial charge >= 0.3 is 0 Å². The quantitative estimate of drug-likeness (QED) is 0.697.